The second-order valence-corrected chi connectivity index (χ2v) is 10.7. The first-order chi connectivity index (χ1) is 18.9. The highest BCUT2D eigenvalue weighted by molar-refractivity contribution is 6.33. The van der Waals surface area contributed by atoms with Crippen molar-refractivity contribution in [2.45, 2.75) is 45.1 Å². The van der Waals surface area contributed by atoms with Gasteiger partial charge in [0.15, 0.2) is 0 Å². The number of carboxylic acid groups (broad SMARTS) is 1. The molecule has 2 aromatic heterocycles. The normalized spacial score (nSPS) is 16.5. The van der Waals surface area contributed by atoms with E-state index in [9.17, 15) is 9.59 Å². The Kier molecular flexibility index (Phi) is 8.47. The van der Waals surface area contributed by atoms with Gasteiger partial charge in [-0.2, -0.15) is 5.10 Å². The van der Waals surface area contributed by atoms with Gasteiger partial charge in [-0.25, -0.2) is 0 Å². The first-order valence-electron chi connectivity index (χ1n) is 13.5. The third kappa shape index (κ3) is 6.25. The SMILES string of the molecule is O=C(O)CCCCOCCn1cc(-c2ccc(-c3cncc(Cl)c3N3CCC4(CCNC4=O)CC3)cc2)cn1. The molecule has 0 aliphatic carbocycles. The molecule has 0 radical (unpaired) electrons. The molecule has 3 aromatic rings. The number of hydrogen-bond donors (Lipinski definition) is 2. The smallest absolute Gasteiger partial charge is 0.303 e. The molecule has 39 heavy (non-hydrogen) atoms. The standard InChI is InChI=1S/C29H34ClN5O4/c30-25-19-31-18-24(27(25)34-12-9-29(10-13-34)8-11-32-28(29)38)22-6-4-21(5-7-22)23-17-33-35(20-23)14-16-39-15-2-1-3-26(36)37/h4-7,17-20H,1-3,8-16H2,(H,32,38)(H,36,37). The summed E-state index contributed by atoms with van der Waals surface area (Å²) < 4.78 is 7.46. The first kappa shape index (κ1) is 27.1. The lowest BCUT2D eigenvalue weighted by atomic mass is 9.77. The van der Waals surface area contributed by atoms with Crippen molar-refractivity contribution in [1.82, 2.24) is 20.1 Å². The van der Waals surface area contributed by atoms with Gasteiger partial charge in [-0.15, -0.1) is 0 Å². The van der Waals surface area contributed by atoms with Gasteiger partial charge >= 0.3 is 5.97 Å². The van der Waals surface area contributed by atoms with E-state index < -0.39 is 5.97 Å². The van der Waals surface area contributed by atoms with Crippen molar-refractivity contribution < 1.29 is 19.4 Å². The molecular formula is C29H34ClN5O4. The average Bonchev–Trinajstić information content (AvgIpc) is 3.55. The van der Waals surface area contributed by atoms with Gasteiger partial charge < -0.3 is 20.1 Å². The number of carboxylic acids is 1. The van der Waals surface area contributed by atoms with E-state index in [2.05, 4.69) is 44.6 Å². The highest BCUT2D eigenvalue weighted by atomic mass is 35.5. The van der Waals surface area contributed by atoms with Gasteiger partial charge in [0.05, 0.1) is 35.5 Å². The fraction of sp³-hybridized carbons (Fsp3) is 0.448. The van der Waals surface area contributed by atoms with E-state index in [0.717, 1.165) is 73.3 Å². The van der Waals surface area contributed by atoms with Crippen LogP contribution in [-0.2, 0) is 20.9 Å². The Labute approximate surface area is 233 Å². The van der Waals surface area contributed by atoms with Crippen LogP contribution in [-0.4, -0.2) is 64.6 Å². The molecule has 0 unspecified atom stereocenters. The van der Waals surface area contributed by atoms with E-state index in [1.807, 2.05) is 23.3 Å². The van der Waals surface area contributed by atoms with Gasteiger partial charge in [-0.05, 0) is 43.2 Å². The molecule has 1 spiro atoms. The molecule has 5 rings (SSSR count). The summed E-state index contributed by atoms with van der Waals surface area (Å²) in [5.41, 5.74) is 4.84. The number of piperidine rings is 1. The Balaban J connectivity index is 1.21. The minimum Gasteiger partial charge on any atom is -0.481 e. The van der Waals surface area contributed by atoms with Crippen LogP contribution in [0, 0.1) is 5.41 Å². The number of pyridine rings is 1. The molecule has 1 amide bonds. The maximum absolute atomic E-state index is 12.4. The van der Waals surface area contributed by atoms with Crippen LogP contribution in [0.1, 0.15) is 38.5 Å². The number of nitrogens with zero attached hydrogens (tertiary/aromatic N) is 4. The summed E-state index contributed by atoms with van der Waals surface area (Å²) in [4.78, 5) is 29.6. The maximum Gasteiger partial charge on any atom is 0.303 e. The molecule has 0 bridgehead atoms. The maximum atomic E-state index is 12.4. The molecule has 2 aliphatic rings. The fourth-order valence-electron chi connectivity index (χ4n) is 5.53. The van der Waals surface area contributed by atoms with Gasteiger partial charge in [0.25, 0.3) is 0 Å². The molecule has 0 atom stereocenters. The zero-order valence-corrected chi connectivity index (χ0v) is 22.7. The van der Waals surface area contributed by atoms with Crippen molar-refractivity contribution in [2.24, 2.45) is 5.41 Å². The Morgan fingerprint density at radius 1 is 1.03 bits per heavy atom. The molecular weight excluding hydrogens is 518 g/mol. The van der Waals surface area contributed by atoms with Crippen LogP contribution in [0.3, 0.4) is 0 Å². The number of anilines is 1. The van der Waals surface area contributed by atoms with E-state index in [1.54, 1.807) is 6.20 Å². The van der Waals surface area contributed by atoms with Gasteiger partial charge in [-0.3, -0.25) is 19.3 Å². The van der Waals surface area contributed by atoms with Crippen molar-refractivity contribution >= 4 is 29.2 Å². The molecule has 2 saturated heterocycles. The van der Waals surface area contributed by atoms with Crippen molar-refractivity contribution in [1.29, 1.82) is 0 Å². The molecule has 2 aliphatic heterocycles. The van der Waals surface area contributed by atoms with E-state index in [-0.39, 0.29) is 17.7 Å². The molecule has 4 heterocycles. The number of carbonyl (C=O) groups excluding carboxylic acids is 1. The monoisotopic (exact) mass is 551 g/mol. The van der Waals surface area contributed by atoms with Crippen molar-refractivity contribution in [3.05, 3.63) is 54.1 Å². The van der Waals surface area contributed by atoms with Gasteiger partial charge in [0, 0.05) is 62.4 Å². The minimum absolute atomic E-state index is 0.179. The van der Waals surface area contributed by atoms with Crippen LogP contribution in [0.4, 0.5) is 5.69 Å². The lowest BCUT2D eigenvalue weighted by Gasteiger charge is -2.39. The number of halogens is 1. The molecule has 1 aromatic carbocycles. The third-order valence-corrected chi connectivity index (χ3v) is 8.11. The Hall–Kier alpha value is -3.43. The quantitative estimate of drug-likeness (QED) is 0.334. The van der Waals surface area contributed by atoms with Crippen LogP contribution in [0.5, 0.6) is 0 Å². The highest BCUT2D eigenvalue weighted by Crippen LogP contribution is 2.43. The second kappa shape index (κ2) is 12.2. The lowest BCUT2D eigenvalue weighted by Crippen LogP contribution is -2.44. The van der Waals surface area contributed by atoms with Crippen molar-refractivity contribution in [3.8, 4) is 22.3 Å². The predicted molar refractivity (Wildman–Crippen MR) is 150 cm³/mol. The van der Waals surface area contributed by atoms with E-state index in [4.69, 9.17) is 21.4 Å². The summed E-state index contributed by atoms with van der Waals surface area (Å²) in [5.74, 6) is -0.574. The fourth-order valence-corrected chi connectivity index (χ4v) is 5.81. The van der Waals surface area contributed by atoms with E-state index >= 15 is 0 Å². The number of carbonyl (C=O) groups is 2. The zero-order valence-electron chi connectivity index (χ0n) is 21.9. The van der Waals surface area contributed by atoms with Crippen LogP contribution in [0.2, 0.25) is 5.02 Å². The summed E-state index contributed by atoms with van der Waals surface area (Å²) in [7, 11) is 0. The lowest BCUT2D eigenvalue weighted by molar-refractivity contribution is -0.137. The number of hydrogen-bond acceptors (Lipinski definition) is 6. The van der Waals surface area contributed by atoms with E-state index in [1.165, 1.54) is 0 Å². The van der Waals surface area contributed by atoms with Gasteiger partial charge in [0.2, 0.25) is 5.91 Å². The van der Waals surface area contributed by atoms with Gasteiger partial charge in [-0.1, -0.05) is 35.9 Å². The molecule has 206 valence electrons. The molecule has 2 fully saturated rings. The summed E-state index contributed by atoms with van der Waals surface area (Å²) in [6.07, 6.45) is 11.5. The Morgan fingerprint density at radius 2 is 1.79 bits per heavy atom. The molecule has 10 heteroatoms. The number of ether oxygens (including phenoxy) is 1. The average molecular weight is 552 g/mol. The van der Waals surface area contributed by atoms with Crippen LogP contribution < -0.4 is 10.2 Å². The van der Waals surface area contributed by atoms with Gasteiger partial charge in [0.1, 0.15) is 0 Å². The van der Waals surface area contributed by atoms with Crippen molar-refractivity contribution in [3.63, 3.8) is 0 Å². The first-order valence-corrected chi connectivity index (χ1v) is 13.9. The minimum atomic E-state index is -0.771. The van der Waals surface area contributed by atoms with Crippen LogP contribution >= 0.6 is 11.6 Å². The molecule has 0 saturated carbocycles. The van der Waals surface area contributed by atoms with E-state index in [0.29, 0.717) is 31.2 Å². The molecule has 2 N–H and O–H groups in total. The summed E-state index contributed by atoms with van der Waals surface area (Å²) in [6.45, 7) is 4.06. The number of rotatable bonds is 11. The third-order valence-electron chi connectivity index (χ3n) is 7.84. The number of aromatic nitrogens is 3. The Bertz CT molecular complexity index is 1300. The summed E-state index contributed by atoms with van der Waals surface area (Å²) in [6, 6.07) is 8.32. The topological polar surface area (TPSA) is 110 Å². The zero-order chi connectivity index (χ0) is 27.2. The summed E-state index contributed by atoms with van der Waals surface area (Å²) >= 11 is 6.68. The number of nitrogens with one attached hydrogen (secondary N) is 1. The number of amides is 1. The molecule has 9 nitrogen and oxygen atoms in total. The highest BCUT2D eigenvalue weighted by Gasteiger charge is 2.44. The number of unbranched alkanes of at least 4 members (excludes halogenated alkanes) is 1. The van der Waals surface area contributed by atoms with Crippen molar-refractivity contribution in [2.75, 3.05) is 37.7 Å². The second-order valence-electron chi connectivity index (χ2n) is 10.3. The largest absolute Gasteiger partial charge is 0.481 e. The predicted octanol–water partition coefficient (Wildman–Crippen LogP) is 4.64. The Morgan fingerprint density at radius 3 is 2.51 bits per heavy atom. The summed E-state index contributed by atoms with van der Waals surface area (Å²) in [5, 5.41) is 16.8. The number of aliphatic carboxylic acids is 1. The van der Waals surface area contributed by atoms with Crippen LogP contribution in [0.15, 0.2) is 49.1 Å². The van der Waals surface area contributed by atoms with Crippen LogP contribution in [0.25, 0.3) is 22.3 Å². The number of benzene rings is 1.